The van der Waals surface area contributed by atoms with Crippen LogP contribution in [-0.2, 0) is 20.6 Å². The minimum absolute atomic E-state index is 0.157. The number of hydrogen-bond donors (Lipinski definition) is 1. The predicted octanol–water partition coefficient (Wildman–Crippen LogP) is 1.82. The molecule has 2 aliphatic heterocycles. The van der Waals surface area contributed by atoms with Gasteiger partial charge in [0.05, 0.1) is 11.7 Å². The van der Waals surface area contributed by atoms with Crippen molar-refractivity contribution in [2.45, 2.75) is 19.4 Å². The lowest BCUT2D eigenvalue weighted by molar-refractivity contribution is -0.132. The van der Waals surface area contributed by atoms with Gasteiger partial charge in [-0.2, -0.15) is 5.10 Å². The zero-order chi connectivity index (χ0) is 21.2. The molecule has 1 N–H and O–H groups in total. The van der Waals surface area contributed by atoms with E-state index < -0.39 is 22.5 Å². The van der Waals surface area contributed by atoms with Gasteiger partial charge < -0.3 is 4.74 Å². The summed E-state index contributed by atoms with van der Waals surface area (Å²) in [5, 5.41) is 5.39. The topological polar surface area (TPSA) is 106 Å². The largest absolute Gasteiger partial charge is 0.474 e. The third-order valence-corrected chi connectivity index (χ3v) is 6.14. The van der Waals surface area contributed by atoms with E-state index in [-0.39, 0.29) is 5.91 Å². The van der Waals surface area contributed by atoms with E-state index in [1.165, 1.54) is 15.7 Å². The molecule has 4 heterocycles. The smallest absolute Gasteiger partial charge is 0.271 e. The van der Waals surface area contributed by atoms with Gasteiger partial charge in [-0.1, -0.05) is 6.07 Å². The number of likely N-dealkylation sites (N-methyl/N-ethyl adjacent to an activating group) is 1. The van der Waals surface area contributed by atoms with Gasteiger partial charge in [-0.3, -0.25) is 19.2 Å². The number of rotatable bonds is 2. The molecule has 0 bridgehead atoms. The van der Waals surface area contributed by atoms with E-state index in [1.807, 2.05) is 24.3 Å². The van der Waals surface area contributed by atoms with Crippen molar-refractivity contribution >= 4 is 44.5 Å². The summed E-state index contributed by atoms with van der Waals surface area (Å²) in [5.74, 6) is 0.446. The highest BCUT2D eigenvalue weighted by Crippen LogP contribution is 2.38. The van der Waals surface area contributed by atoms with Crippen molar-refractivity contribution in [3.8, 4) is 16.9 Å². The summed E-state index contributed by atoms with van der Waals surface area (Å²) in [6.45, 7) is 3.45. The molecular weight excluding hydrogens is 406 g/mol. The maximum Gasteiger partial charge on any atom is 0.271 e. The highest BCUT2D eigenvalue weighted by molar-refractivity contribution is 7.93. The number of nitrogens with one attached hydrogen (secondary N) is 1. The van der Waals surface area contributed by atoms with Gasteiger partial charge >= 0.3 is 0 Å². The van der Waals surface area contributed by atoms with Crippen molar-refractivity contribution in [1.29, 1.82) is 0 Å². The van der Waals surface area contributed by atoms with Crippen molar-refractivity contribution in [3.05, 3.63) is 42.7 Å². The molecule has 0 aliphatic carbocycles. The van der Waals surface area contributed by atoms with E-state index in [4.69, 9.17) is 4.74 Å². The summed E-state index contributed by atoms with van der Waals surface area (Å²) >= 11 is 0. The van der Waals surface area contributed by atoms with Gasteiger partial charge in [0.15, 0.2) is 33.2 Å². The van der Waals surface area contributed by atoms with Crippen LogP contribution in [0.5, 0.6) is 5.75 Å². The number of carbonyl (C=O) groups is 2. The van der Waals surface area contributed by atoms with E-state index in [0.717, 1.165) is 22.0 Å². The molecule has 1 atom stereocenters. The van der Waals surface area contributed by atoms with Gasteiger partial charge in [0.25, 0.3) is 11.8 Å². The molecule has 3 aromatic rings. The van der Waals surface area contributed by atoms with Crippen LogP contribution in [0.4, 0.5) is 5.82 Å². The maximum atomic E-state index is 12.4. The summed E-state index contributed by atoms with van der Waals surface area (Å²) in [6, 6.07) is 7.52. The van der Waals surface area contributed by atoms with Crippen LogP contribution in [0.2, 0.25) is 0 Å². The minimum Gasteiger partial charge on any atom is -0.474 e. The Kier molecular flexibility index (Phi) is 3.84. The molecule has 0 radical (unpaired) electrons. The number of benzene rings is 1. The van der Waals surface area contributed by atoms with E-state index in [9.17, 15) is 13.8 Å². The number of anilines is 1. The van der Waals surface area contributed by atoms with Crippen molar-refractivity contribution < 1.29 is 18.5 Å². The Labute approximate surface area is 173 Å². The summed E-state index contributed by atoms with van der Waals surface area (Å²) in [4.78, 5) is 29.8. The number of amides is 2. The Morgan fingerprint density at radius 2 is 1.93 bits per heavy atom. The molecule has 2 amide bonds. The zero-order valence-corrected chi connectivity index (χ0v) is 17.2. The van der Waals surface area contributed by atoms with E-state index in [1.54, 1.807) is 33.3 Å². The van der Waals surface area contributed by atoms with Crippen LogP contribution >= 0.6 is 0 Å². The lowest BCUT2D eigenvalue weighted by Crippen LogP contribution is -2.51. The fourth-order valence-electron chi connectivity index (χ4n) is 3.61. The van der Waals surface area contributed by atoms with Gasteiger partial charge in [0, 0.05) is 30.3 Å². The van der Waals surface area contributed by atoms with Crippen LogP contribution in [0, 0.1) is 0 Å². The molecule has 0 saturated carbocycles. The van der Waals surface area contributed by atoms with Crippen LogP contribution in [0.1, 0.15) is 13.8 Å². The number of pyridine rings is 1. The molecule has 2 aliphatic rings. The SMILES string of the molecule is CN1C(=O)C(C)(C)Oc2cc(-c3ccc4c(cnn4C4=CC(=O)NS4=O)c3)cnc21. The second kappa shape index (κ2) is 6.23. The first-order chi connectivity index (χ1) is 14.2. The van der Waals surface area contributed by atoms with Crippen molar-refractivity contribution in [2.24, 2.45) is 0 Å². The molecule has 1 aromatic carbocycles. The van der Waals surface area contributed by atoms with Gasteiger partial charge in [0.1, 0.15) is 0 Å². The average Bonchev–Trinajstić information content (AvgIpc) is 3.27. The second-order valence-electron chi connectivity index (χ2n) is 7.57. The van der Waals surface area contributed by atoms with Crippen molar-refractivity contribution in [2.75, 3.05) is 11.9 Å². The second-order valence-corrected chi connectivity index (χ2v) is 8.73. The molecule has 0 spiro atoms. The summed E-state index contributed by atoms with van der Waals surface area (Å²) in [7, 11) is 0.0507. The zero-order valence-electron chi connectivity index (χ0n) is 16.4. The fraction of sp³-hybridized carbons (Fsp3) is 0.200. The van der Waals surface area contributed by atoms with Crippen LogP contribution < -0.4 is 14.4 Å². The van der Waals surface area contributed by atoms with Gasteiger partial charge in [-0.15, -0.1) is 0 Å². The summed E-state index contributed by atoms with van der Waals surface area (Å²) in [6.07, 6.45) is 4.62. The van der Waals surface area contributed by atoms with E-state index in [0.29, 0.717) is 16.6 Å². The lowest BCUT2D eigenvalue weighted by Gasteiger charge is -2.36. The molecule has 30 heavy (non-hydrogen) atoms. The molecule has 5 rings (SSSR count). The Balaban J connectivity index is 1.55. The number of fused-ring (bicyclic) bond motifs is 2. The minimum atomic E-state index is -1.63. The number of aromatic nitrogens is 3. The first-order valence-electron chi connectivity index (χ1n) is 9.14. The number of nitrogens with zero attached hydrogens (tertiary/aromatic N) is 4. The third kappa shape index (κ3) is 2.71. The molecule has 0 saturated heterocycles. The molecular formula is C20H17N5O4S. The van der Waals surface area contributed by atoms with Crippen molar-refractivity contribution in [1.82, 2.24) is 19.5 Å². The molecule has 1 unspecified atom stereocenters. The number of carbonyl (C=O) groups excluding carboxylic acids is 2. The van der Waals surface area contributed by atoms with Gasteiger partial charge in [-0.05, 0) is 37.6 Å². The van der Waals surface area contributed by atoms with Crippen LogP contribution in [-0.4, -0.2) is 43.4 Å². The molecule has 2 aromatic heterocycles. The Bertz CT molecular complexity index is 1310. The van der Waals surface area contributed by atoms with E-state index in [2.05, 4.69) is 14.8 Å². The third-order valence-electron chi connectivity index (χ3n) is 5.08. The number of ether oxygens (including phenoxy) is 1. The van der Waals surface area contributed by atoms with Crippen LogP contribution in [0.25, 0.3) is 27.1 Å². The Hall–Kier alpha value is -3.53. The first-order valence-corrected chi connectivity index (χ1v) is 10.3. The quantitative estimate of drug-likeness (QED) is 0.674. The monoisotopic (exact) mass is 423 g/mol. The first kappa shape index (κ1) is 18.5. The van der Waals surface area contributed by atoms with Crippen LogP contribution in [0.15, 0.2) is 42.7 Å². The summed E-state index contributed by atoms with van der Waals surface area (Å²) in [5.41, 5.74) is 1.46. The lowest BCUT2D eigenvalue weighted by atomic mass is 10.0. The average molecular weight is 423 g/mol. The molecule has 9 nitrogen and oxygen atoms in total. The normalized spacial score (nSPS) is 20.0. The number of hydrogen-bond acceptors (Lipinski definition) is 6. The fourth-order valence-corrected chi connectivity index (χ4v) is 4.47. The molecule has 0 fully saturated rings. The molecule has 10 heteroatoms. The highest BCUT2D eigenvalue weighted by Gasteiger charge is 2.40. The summed E-state index contributed by atoms with van der Waals surface area (Å²) < 4.78 is 21.8. The van der Waals surface area contributed by atoms with E-state index >= 15 is 0 Å². The Morgan fingerprint density at radius 3 is 2.67 bits per heavy atom. The maximum absolute atomic E-state index is 12.4. The van der Waals surface area contributed by atoms with Crippen LogP contribution in [0.3, 0.4) is 0 Å². The Morgan fingerprint density at radius 1 is 1.13 bits per heavy atom. The van der Waals surface area contributed by atoms with Gasteiger partial charge in [0.2, 0.25) is 0 Å². The molecule has 152 valence electrons. The standard InChI is InChI=1S/C20H17N5O4S/c1-20(2)19(27)24(3)18-15(29-20)7-12(9-21-18)11-4-5-14-13(6-11)10-22-25(14)17-8-16(26)23-30(17)28/h4-10H,1-3H3,(H,23,26). The van der Waals surface area contributed by atoms with Crippen molar-refractivity contribution in [3.63, 3.8) is 0 Å². The highest BCUT2D eigenvalue weighted by atomic mass is 32.2. The van der Waals surface area contributed by atoms with Gasteiger partial charge in [-0.25, -0.2) is 13.9 Å². The predicted molar refractivity (Wildman–Crippen MR) is 112 cm³/mol.